The minimum atomic E-state index is -0.117. The van der Waals surface area contributed by atoms with Crippen molar-refractivity contribution in [2.45, 2.75) is 78.2 Å². The summed E-state index contributed by atoms with van der Waals surface area (Å²) < 4.78 is 0. The Balaban J connectivity index is 1.36. The molecule has 7 unspecified atom stereocenters. The normalized spacial score (nSPS) is 43.3. The zero-order chi connectivity index (χ0) is 20.9. The van der Waals surface area contributed by atoms with Crippen LogP contribution in [-0.2, 0) is 0 Å². The largest absolute Gasteiger partial charge is 0.393 e. The number of oxime groups is 1. The number of fused-ring (bicyclic) bond motifs is 5. The number of hydrogen-bond acceptors (Lipinski definition) is 3. The highest BCUT2D eigenvalue weighted by Gasteiger charge is 2.59. The predicted octanol–water partition coefficient (Wildman–Crippen LogP) is 6.38. The second kappa shape index (κ2) is 7.51. The first-order valence-corrected chi connectivity index (χ1v) is 12.1. The first-order chi connectivity index (χ1) is 14.4. The number of aliphatic hydroxyl groups excluding tert-OH is 1. The Labute approximate surface area is 181 Å². The van der Waals surface area contributed by atoms with E-state index in [4.69, 9.17) is 4.84 Å². The molecule has 0 spiro atoms. The number of nitrogens with zero attached hydrogens (tertiary/aromatic N) is 1. The first kappa shape index (κ1) is 20.3. The highest BCUT2D eigenvalue weighted by molar-refractivity contribution is 5.85. The van der Waals surface area contributed by atoms with Crippen LogP contribution in [0.25, 0.3) is 0 Å². The van der Waals surface area contributed by atoms with Gasteiger partial charge in [0, 0.05) is 5.92 Å². The lowest BCUT2D eigenvalue weighted by Crippen LogP contribution is -2.50. The van der Waals surface area contributed by atoms with Crippen LogP contribution < -0.4 is 4.84 Å². The van der Waals surface area contributed by atoms with Crippen LogP contribution in [0.5, 0.6) is 5.75 Å². The topological polar surface area (TPSA) is 41.8 Å². The maximum absolute atomic E-state index is 10.2. The van der Waals surface area contributed by atoms with Gasteiger partial charge in [0.05, 0.1) is 11.8 Å². The van der Waals surface area contributed by atoms with Crippen LogP contribution in [0.1, 0.15) is 72.1 Å². The van der Waals surface area contributed by atoms with Gasteiger partial charge in [-0.25, -0.2) is 0 Å². The summed E-state index contributed by atoms with van der Waals surface area (Å²) in [6, 6.07) is 9.92. The lowest BCUT2D eigenvalue weighted by atomic mass is 9.47. The maximum Gasteiger partial charge on any atom is 0.157 e. The molecule has 0 aliphatic heterocycles. The van der Waals surface area contributed by atoms with Gasteiger partial charge in [0.25, 0.3) is 0 Å². The van der Waals surface area contributed by atoms with Crippen molar-refractivity contribution < 1.29 is 9.94 Å². The van der Waals surface area contributed by atoms with Crippen LogP contribution in [-0.4, -0.2) is 16.9 Å². The van der Waals surface area contributed by atoms with E-state index in [1.165, 1.54) is 44.2 Å². The van der Waals surface area contributed by atoms with E-state index in [0.717, 1.165) is 36.3 Å². The minimum absolute atomic E-state index is 0.117. The van der Waals surface area contributed by atoms with Gasteiger partial charge < -0.3 is 9.94 Å². The molecule has 0 aromatic heterocycles. The molecule has 1 aromatic carbocycles. The monoisotopic (exact) mass is 407 g/mol. The molecule has 1 N–H and O–H groups in total. The third-order valence-electron chi connectivity index (χ3n) is 9.62. The third-order valence-corrected chi connectivity index (χ3v) is 9.62. The molecule has 0 saturated heterocycles. The van der Waals surface area contributed by atoms with Crippen LogP contribution in [0.3, 0.4) is 0 Å². The Kier molecular flexibility index (Phi) is 5.08. The number of rotatable bonds is 3. The molecule has 7 atom stereocenters. The average molecular weight is 408 g/mol. The Bertz CT molecular complexity index is 846. The molecule has 4 aliphatic rings. The molecule has 5 rings (SSSR count). The van der Waals surface area contributed by atoms with Gasteiger partial charge in [0.1, 0.15) is 0 Å². The molecule has 162 valence electrons. The first-order valence-electron chi connectivity index (χ1n) is 12.1. The number of aliphatic hydroxyl groups is 1. The van der Waals surface area contributed by atoms with Crippen molar-refractivity contribution in [2.75, 3.05) is 0 Å². The van der Waals surface area contributed by atoms with Gasteiger partial charge in [-0.05, 0) is 99.0 Å². The minimum Gasteiger partial charge on any atom is -0.393 e. The lowest BCUT2D eigenvalue weighted by molar-refractivity contribution is -0.0425. The molecule has 0 heterocycles. The molecule has 3 heteroatoms. The lowest BCUT2D eigenvalue weighted by Gasteiger charge is -2.58. The van der Waals surface area contributed by atoms with Crippen LogP contribution in [0.4, 0.5) is 0 Å². The van der Waals surface area contributed by atoms with Gasteiger partial charge in [0.15, 0.2) is 5.75 Å². The fourth-order valence-electron chi connectivity index (χ4n) is 8.00. The molecule has 3 fully saturated rings. The molecule has 3 saturated carbocycles. The molecule has 3 nitrogen and oxygen atoms in total. The molecular formula is C27H37NO2. The van der Waals surface area contributed by atoms with Gasteiger partial charge in [-0.1, -0.05) is 48.9 Å². The number of benzene rings is 1. The fourth-order valence-corrected chi connectivity index (χ4v) is 8.00. The van der Waals surface area contributed by atoms with E-state index in [9.17, 15) is 5.11 Å². The Morgan fingerprint density at radius 2 is 1.83 bits per heavy atom. The van der Waals surface area contributed by atoms with E-state index in [2.05, 4.69) is 32.0 Å². The number of hydrogen-bond donors (Lipinski definition) is 1. The molecule has 0 bridgehead atoms. The van der Waals surface area contributed by atoms with Crippen molar-refractivity contribution >= 4 is 5.71 Å². The van der Waals surface area contributed by atoms with Crippen molar-refractivity contribution in [3.05, 3.63) is 42.0 Å². The molecule has 1 aromatic rings. The van der Waals surface area contributed by atoms with E-state index in [0.29, 0.717) is 16.7 Å². The van der Waals surface area contributed by atoms with Gasteiger partial charge in [0.2, 0.25) is 0 Å². The molecule has 30 heavy (non-hydrogen) atoms. The molecule has 4 aliphatic carbocycles. The summed E-state index contributed by atoms with van der Waals surface area (Å²) in [5.74, 6) is 3.71. The second-order valence-electron chi connectivity index (χ2n) is 11.0. The summed E-state index contributed by atoms with van der Waals surface area (Å²) in [6.45, 7) is 7.23. The summed E-state index contributed by atoms with van der Waals surface area (Å²) in [5, 5.41) is 14.8. The summed E-state index contributed by atoms with van der Waals surface area (Å²) in [7, 11) is 0. The Hall–Kier alpha value is -1.61. The Morgan fingerprint density at radius 1 is 1.03 bits per heavy atom. The van der Waals surface area contributed by atoms with Crippen molar-refractivity contribution in [2.24, 2.45) is 39.7 Å². The summed E-state index contributed by atoms with van der Waals surface area (Å²) >= 11 is 0. The standard InChI is InChI=1S/C27H37NO2/c1-18(28-30-21-7-5-4-6-8-21)23-11-12-24-22-10-9-19-17-20(29)13-15-26(19,2)25(22)14-16-27(23,24)3/h4-9,20,22-25,29H,10-17H2,1-3H3/b28-18-. The molecule has 0 radical (unpaired) electrons. The summed E-state index contributed by atoms with van der Waals surface area (Å²) in [4.78, 5) is 5.76. The van der Waals surface area contributed by atoms with Crippen molar-refractivity contribution in [1.82, 2.24) is 0 Å². The fraction of sp³-hybridized carbons (Fsp3) is 0.667. The SMILES string of the molecule is C/C(=N/Oc1ccccc1)C1CCC2C3CC=C4CC(O)CCC4(C)C3CCC12C. The highest BCUT2D eigenvalue weighted by atomic mass is 16.6. The van der Waals surface area contributed by atoms with Gasteiger partial charge in [-0.15, -0.1) is 0 Å². The van der Waals surface area contributed by atoms with Crippen LogP contribution in [0.2, 0.25) is 0 Å². The predicted molar refractivity (Wildman–Crippen MR) is 121 cm³/mol. The van der Waals surface area contributed by atoms with E-state index < -0.39 is 0 Å². The molecular weight excluding hydrogens is 370 g/mol. The van der Waals surface area contributed by atoms with Gasteiger partial charge >= 0.3 is 0 Å². The van der Waals surface area contributed by atoms with Crippen LogP contribution in [0, 0.1) is 34.5 Å². The number of allylic oxidation sites excluding steroid dienone is 1. The quantitative estimate of drug-likeness (QED) is 0.359. The van der Waals surface area contributed by atoms with Gasteiger partial charge in [-0.2, -0.15) is 0 Å². The van der Waals surface area contributed by atoms with Crippen molar-refractivity contribution in [1.29, 1.82) is 0 Å². The molecule has 0 amide bonds. The summed E-state index contributed by atoms with van der Waals surface area (Å²) in [6.07, 6.45) is 11.9. The van der Waals surface area contributed by atoms with Crippen LogP contribution >= 0.6 is 0 Å². The van der Waals surface area contributed by atoms with E-state index in [1.807, 2.05) is 30.3 Å². The highest BCUT2D eigenvalue weighted by Crippen LogP contribution is 2.66. The van der Waals surface area contributed by atoms with E-state index in [1.54, 1.807) is 5.57 Å². The van der Waals surface area contributed by atoms with E-state index >= 15 is 0 Å². The van der Waals surface area contributed by atoms with Gasteiger partial charge in [-0.3, -0.25) is 0 Å². The van der Waals surface area contributed by atoms with E-state index in [-0.39, 0.29) is 6.10 Å². The third kappa shape index (κ3) is 3.16. The average Bonchev–Trinajstić information content (AvgIpc) is 3.10. The maximum atomic E-state index is 10.2. The second-order valence-corrected chi connectivity index (χ2v) is 11.0. The zero-order valence-corrected chi connectivity index (χ0v) is 18.8. The van der Waals surface area contributed by atoms with Crippen LogP contribution in [0.15, 0.2) is 47.1 Å². The number of para-hydroxylation sites is 1. The zero-order valence-electron chi connectivity index (χ0n) is 18.8. The summed E-state index contributed by atoms with van der Waals surface area (Å²) in [5.41, 5.74) is 3.39. The smallest absolute Gasteiger partial charge is 0.157 e. The van der Waals surface area contributed by atoms with Crippen molar-refractivity contribution in [3.63, 3.8) is 0 Å². The van der Waals surface area contributed by atoms with Crippen molar-refractivity contribution in [3.8, 4) is 5.75 Å². The Morgan fingerprint density at radius 3 is 2.63 bits per heavy atom.